The molecule has 0 aliphatic carbocycles. The minimum absolute atomic E-state index is 0.250. The van der Waals surface area contributed by atoms with E-state index in [1.165, 1.54) is 5.56 Å². The van der Waals surface area contributed by atoms with Gasteiger partial charge in [-0.2, -0.15) is 0 Å². The molecule has 2 aliphatic rings. The van der Waals surface area contributed by atoms with Gasteiger partial charge in [0, 0.05) is 56.8 Å². The van der Waals surface area contributed by atoms with E-state index in [0.29, 0.717) is 19.2 Å². The van der Waals surface area contributed by atoms with Crippen LogP contribution >= 0.6 is 0 Å². The molecule has 0 N–H and O–H groups in total. The summed E-state index contributed by atoms with van der Waals surface area (Å²) in [5.74, 6) is 0. The molecule has 2 fully saturated rings. The number of hydrogen-bond donors (Lipinski definition) is 0. The number of cyclic esters (lactones) is 1. The number of ether oxygens (including phenoxy) is 1. The largest absolute Gasteiger partial charge is 0.447 e. The van der Waals surface area contributed by atoms with Crippen LogP contribution in [0.15, 0.2) is 54.9 Å². The van der Waals surface area contributed by atoms with E-state index in [1.807, 2.05) is 36.5 Å². The summed E-state index contributed by atoms with van der Waals surface area (Å²) < 4.78 is 7.16. The summed E-state index contributed by atoms with van der Waals surface area (Å²) in [7, 11) is 0. The molecule has 1 aromatic carbocycles. The van der Waals surface area contributed by atoms with Crippen molar-refractivity contribution in [1.29, 1.82) is 0 Å². The second-order valence-corrected chi connectivity index (χ2v) is 8.05. The van der Waals surface area contributed by atoms with Crippen LogP contribution in [0.4, 0.5) is 10.5 Å². The Morgan fingerprint density at radius 2 is 1.93 bits per heavy atom. The quantitative estimate of drug-likeness (QED) is 0.653. The van der Waals surface area contributed by atoms with E-state index in [1.54, 1.807) is 4.90 Å². The average Bonchev–Trinajstić information content (AvgIpc) is 3.39. The third-order valence-corrected chi connectivity index (χ3v) is 6.18. The fourth-order valence-electron chi connectivity index (χ4n) is 4.39. The zero-order valence-electron chi connectivity index (χ0n) is 17.3. The number of aromatic nitrogens is 2. The molecule has 2 saturated heterocycles. The van der Waals surface area contributed by atoms with E-state index in [0.717, 1.165) is 49.8 Å². The van der Waals surface area contributed by atoms with Gasteiger partial charge in [0.1, 0.15) is 12.3 Å². The lowest BCUT2D eigenvalue weighted by atomic mass is 10.0. The molecule has 156 valence electrons. The van der Waals surface area contributed by atoms with Gasteiger partial charge in [-0.1, -0.05) is 18.2 Å². The second-order valence-electron chi connectivity index (χ2n) is 8.05. The third-order valence-electron chi connectivity index (χ3n) is 6.18. The van der Waals surface area contributed by atoms with Gasteiger partial charge in [0.05, 0.1) is 12.2 Å². The van der Waals surface area contributed by atoms with Crippen molar-refractivity contribution in [2.24, 2.45) is 0 Å². The van der Waals surface area contributed by atoms with Crippen LogP contribution in [0.1, 0.15) is 24.2 Å². The molecule has 2 aromatic heterocycles. The van der Waals surface area contributed by atoms with Crippen molar-refractivity contribution in [2.45, 2.75) is 19.5 Å². The highest BCUT2D eigenvalue weighted by molar-refractivity contribution is 5.89. The number of anilines is 1. The van der Waals surface area contributed by atoms with E-state index in [4.69, 9.17) is 9.72 Å². The molecule has 5 rings (SSSR count). The number of pyridine rings is 1. The van der Waals surface area contributed by atoms with Crippen LogP contribution in [0.5, 0.6) is 0 Å². The van der Waals surface area contributed by atoms with Crippen molar-refractivity contribution < 1.29 is 9.53 Å². The van der Waals surface area contributed by atoms with E-state index >= 15 is 0 Å². The molecule has 0 unspecified atom stereocenters. The van der Waals surface area contributed by atoms with Gasteiger partial charge in [-0.05, 0) is 36.8 Å². The number of amides is 1. The molecular weight excluding hydrogens is 378 g/mol. The molecule has 30 heavy (non-hydrogen) atoms. The lowest BCUT2D eigenvalue weighted by Gasteiger charge is -2.38. The molecule has 1 amide bonds. The van der Waals surface area contributed by atoms with Crippen LogP contribution in [-0.2, 0) is 11.3 Å². The Morgan fingerprint density at radius 1 is 1.07 bits per heavy atom. The standard InChI is InChI=1S/C23H27N5O2/c1-18(19-5-4-6-21(15-19)28-13-14-30-23(28)29)26-11-9-25(10-12-26)16-20-17-27-8-3-2-7-22(27)24-20/h2-8,15,17-18H,9-14,16H2,1H3/t18-/m1/s1. The number of nitrogens with zero attached hydrogens (tertiary/aromatic N) is 5. The number of carbonyl (C=O) groups excluding carboxylic acids is 1. The molecule has 0 spiro atoms. The highest BCUT2D eigenvalue weighted by Crippen LogP contribution is 2.27. The predicted octanol–water partition coefficient (Wildman–Crippen LogP) is 3.17. The number of rotatable bonds is 5. The first-order valence-corrected chi connectivity index (χ1v) is 10.6. The van der Waals surface area contributed by atoms with Gasteiger partial charge >= 0.3 is 6.09 Å². The number of hydrogen-bond acceptors (Lipinski definition) is 5. The zero-order valence-corrected chi connectivity index (χ0v) is 17.3. The Morgan fingerprint density at radius 3 is 2.70 bits per heavy atom. The van der Waals surface area contributed by atoms with Gasteiger partial charge in [0.15, 0.2) is 0 Å². The maximum Gasteiger partial charge on any atom is 0.414 e. The van der Waals surface area contributed by atoms with E-state index < -0.39 is 0 Å². The maximum absolute atomic E-state index is 11.9. The van der Waals surface area contributed by atoms with Crippen LogP contribution in [0.2, 0.25) is 0 Å². The maximum atomic E-state index is 11.9. The van der Waals surface area contributed by atoms with Crippen LogP contribution in [0.25, 0.3) is 5.65 Å². The topological polar surface area (TPSA) is 53.3 Å². The van der Waals surface area contributed by atoms with E-state index in [9.17, 15) is 4.79 Å². The molecule has 3 aromatic rings. The SMILES string of the molecule is C[C@H](c1cccc(N2CCOC2=O)c1)N1CCN(Cc2cn3ccccc3n2)CC1. The van der Waals surface area contributed by atoms with Gasteiger partial charge in [-0.15, -0.1) is 0 Å². The summed E-state index contributed by atoms with van der Waals surface area (Å²) in [5, 5.41) is 0. The number of piperazine rings is 1. The molecule has 0 bridgehead atoms. The first-order chi connectivity index (χ1) is 14.7. The van der Waals surface area contributed by atoms with Crippen LogP contribution in [0.3, 0.4) is 0 Å². The first-order valence-electron chi connectivity index (χ1n) is 10.6. The molecule has 0 saturated carbocycles. The normalized spacial score (nSPS) is 19.4. The van der Waals surface area contributed by atoms with Crippen molar-refractivity contribution in [3.63, 3.8) is 0 Å². The smallest absolute Gasteiger partial charge is 0.414 e. The molecule has 4 heterocycles. The van der Waals surface area contributed by atoms with E-state index in [-0.39, 0.29) is 6.09 Å². The number of fused-ring (bicyclic) bond motifs is 1. The predicted molar refractivity (Wildman–Crippen MR) is 116 cm³/mol. The van der Waals surface area contributed by atoms with Crippen LogP contribution in [0, 0.1) is 0 Å². The average molecular weight is 406 g/mol. The molecule has 1 atom stereocenters. The van der Waals surface area contributed by atoms with Gasteiger partial charge in [0.25, 0.3) is 0 Å². The lowest BCUT2D eigenvalue weighted by molar-refractivity contribution is 0.0972. The van der Waals surface area contributed by atoms with Crippen LogP contribution in [-0.4, -0.2) is 64.6 Å². The highest BCUT2D eigenvalue weighted by atomic mass is 16.6. The van der Waals surface area contributed by atoms with Crippen molar-refractivity contribution >= 4 is 17.4 Å². The summed E-state index contributed by atoms with van der Waals surface area (Å²) >= 11 is 0. The van der Waals surface area contributed by atoms with Crippen molar-refractivity contribution in [3.8, 4) is 0 Å². The molecule has 2 aliphatic heterocycles. The second kappa shape index (κ2) is 8.08. The molecular formula is C23H27N5O2. The third kappa shape index (κ3) is 3.78. The monoisotopic (exact) mass is 405 g/mol. The van der Waals surface area contributed by atoms with Crippen molar-refractivity contribution in [3.05, 3.63) is 66.1 Å². The Balaban J connectivity index is 1.20. The fourth-order valence-corrected chi connectivity index (χ4v) is 4.39. The Hall–Kier alpha value is -2.90. The Bertz CT molecular complexity index is 1010. The molecule has 7 nitrogen and oxygen atoms in total. The zero-order chi connectivity index (χ0) is 20.5. The van der Waals surface area contributed by atoms with Gasteiger partial charge in [-0.3, -0.25) is 14.7 Å². The number of imidazole rings is 1. The molecule has 7 heteroatoms. The summed E-state index contributed by atoms with van der Waals surface area (Å²) in [6, 6.07) is 14.7. The number of benzene rings is 1. The lowest BCUT2D eigenvalue weighted by Crippen LogP contribution is -2.46. The minimum atomic E-state index is -0.250. The fraction of sp³-hybridized carbons (Fsp3) is 0.391. The summed E-state index contributed by atoms with van der Waals surface area (Å²) in [6.45, 7) is 8.31. The van der Waals surface area contributed by atoms with Gasteiger partial charge < -0.3 is 9.14 Å². The number of carbonyl (C=O) groups is 1. The van der Waals surface area contributed by atoms with Crippen molar-refractivity contribution in [2.75, 3.05) is 44.2 Å². The Labute approximate surface area is 176 Å². The first kappa shape index (κ1) is 19.1. The van der Waals surface area contributed by atoms with Gasteiger partial charge in [0.2, 0.25) is 0 Å². The van der Waals surface area contributed by atoms with Crippen molar-refractivity contribution in [1.82, 2.24) is 19.2 Å². The highest BCUT2D eigenvalue weighted by Gasteiger charge is 2.26. The van der Waals surface area contributed by atoms with E-state index in [2.05, 4.69) is 39.5 Å². The summed E-state index contributed by atoms with van der Waals surface area (Å²) in [5.41, 5.74) is 4.28. The minimum Gasteiger partial charge on any atom is -0.447 e. The molecule has 0 radical (unpaired) electrons. The van der Waals surface area contributed by atoms with Gasteiger partial charge in [-0.25, -0.2) is 9.78 Å². The Kier molecular flexibility index (Phi) is 5.14. The summed E-state index contributed by atoms with van der Waals surface area (Å²) in [4.78, 5) is 23.3. The van der Waals surface area contributed by atoms with Crippen LogP contribution < -0.4 is 4.90 Å². The summed E-state index contributed by atoms with van der Waals surface area (Å²) in [6.07, 6.45) is 3.92.